The summed E-state index contributed by atoms with van der Waals surface area (Å²) >= 11 is 0. The van der Waals surface area contributed by atoms with E-state index in [2.05, 4.69) is 15.5 Å². The van der Waals surface area contributed by atoms with Gasteiger partial charge in [-0.1, -0.05) is 42.4 Å². The molecule has 0 aliphatic rings. The van der Waals surface area contributed by atoms with E-state index < -0.39 is 0 Å². The third-order valence-electron chi connectivity index (χ3n) is 3.58. The Balaban J connectivity index is 1.76. The van der Waals surface area contributed by atoms with Crippen molar-refractivity contribution < 1.29 is 14.1 Å². The summed E-state index contributed by atoms with van der Waals surface area (Å²) in [5.74, 6) is 2.19. The van der Waals surface area contributed by atoms with Gasteiger partial charge < -0.3 is 14.6 Å². The van der Waals surface area contributed by atoms with Crippen molar-refractivity contribution in [2.75, 3.05) is 0 Å². The monoisotopic (exact) mass is 337 g/mol. The second kappa shape index (κ2) is 7.61. The van der Waals surface area contributed by atoms with Crippen molar-refractivity contribution in [3.05, 3.63) is 60.5 Å². The van der Waals surface area contributed by atoms with Crippen molar-refractivity contribution >= 4 is 5.91 Å². The standard InChI is InChI=1S/C19H19N3O3/c1-3-17(23)20-13(2)19-21-18(22-25-19)14-8-7-11-16(12-14)24-15-9-5-4-6-10-15/h4-13H,3H2,1-2H3,(H,20,23). The highest BCUT2D eigenvalue weighted by Gasteiger charge is 2.17. The summed E-state index contributed by atoms with van der Waals surface area (Å²) in [6.45, 7) is 3.60. The van der Waals surface area contributed by atoms with Crippen LogP contribution in [0.2, 0.25) is 0 Å². The third-order valence-corrected chi connectivity index (χ3v) is 3.58. The van der Waals surface area contributed by atoms with E-state index in [-0.39, 0.29) is 11.9 Å². The van der Waals surface area contributed by atoms with Crippen LogP contribution in [0.15, 0.2) is 59.1 Å². The Labute approximate surface area is 145 Å². The molecular weight excluding hydrogens is 318 g/mol. The summed E-state index contributed by atoms with van der Waals surface area (Å²) in [5, 5.41) is 6.79. The lowest BCUT2D eigenvalue weighted by molar-refractivity contribution is -0.121. The number of benzene rings is 2. The second-order valence-corrected chi connectivity index (χ2v) is 5.54. The average molecular weight is 337 g/mol. The SMILES string of the molecule is CCC(=O)NC(C)c1nc(-c2cccc(Oc3ccccc3)c2)no1. The minimum absolute atomic E-state index is 0.0643. The molecule has 0 radical (unpaired) electrons. The molecule has 6 heteroatoms. The Morgan fingerprint density at radius 1 is 1.16 bits per heavy atom. The van der Waals surface area contributed by atoms with E-state index >= 15 is 0 Å². The van der Waals surface area contributed by atoms with Crippen LogP contribution in [0.25, 0.3) is 11.4 Å². The maximum atomic E-state index is 11.5. The van der Waals surface area contributed by atoms with Crippen LogP contribution >= 0.6 is 0 Å². The lowest BCUT2D eigenvalue weighted by Gasteiger charge is -2.07. The average Bonchev–Trinajstić information content (AvgIpc) is 3.13. The lowest BCUT2D eigenvalue weighted by Crippen LogP contribution is -2.25. The van der Waals surface area contributed by atoms with Crippen molar-refractivity contribution in [3.8, 4) is 22.9 Å². The summed E-state index contributed by atoms with van der Waals surface area (Å²) in [4.78, 5) is 15.8. The number of hydrogen-bond donors (Lipinski definition) is 1. The van der Waals surface area contributed by atoms with Gasteiger partial charge in [0.1, 0.15) is 17.5 Å². The largest absolute Gasteiger partial charge is 0.457 e. The molecule has 1 N–H and O–H groups in total. The van der Waals surface area contributed by atoms with Crippen LogP contribution in [0.1, 0.15) is 32.2 Å². The van der Waals surface area contributed by atoms with Crippen LogP contribution in [-0.2, 0) is 4.79 Å². The molecule has 2 aromatic carbocycles. The summed E-state index contributed by atoms with van der Waals surface area (Å²) in [6.07, 6.45) is 0.407. The number of hydrogen-bond acceptors (Lipinski definition) is 5. The topological polar surface area (TPSA) is 77.2 Å². The summed E-state index contributed by atoms with van der Waals surface area (Å²) < 4.78 is 11.1. The van der Waals surface area contributed by atoms with E-state index in [1.54, 1.807) is 13.8 Å². The number of para-hydroxylation sites is 1. The van der Waals surface area contributed by atoms with Gasteiger partial charge in [0.25, 0.3) is 0 Å². The zero-order chi connectivity index (χ0) is 17.6. The third kappa shape index (κ3) is 4.23. The maximum Gasteiger partial charge on any atom is 0.249 e. The maximum absolute atomic E-state index is 11.5. The van der Waals surface area contributed by atoms with E-state index in [0.29, 0.717) is 23.9 Å². The van der Waals surface area contributed by atoms with Crippen LogP contribution in [0, 0.1) is 0 Å². The molecule has 0 spiro atoms. The molecule has 128 valence electrons. The van der Waals surface area contributed by atoms with Gasteiger partial charge in [0, 0.05) is 12.0 Å². The number of nitrogens with zero attached hydrogens (tertiary/aromatic N) is 2. The predicted octanol–water partition coefficient (Wildman–Crippen LogP) is 4.12. The van der Waals surface area contributed by atoms with E-state index in [0.717, 1.165) is 11.3 Å². The number of carbonyl (C=O) groups is 1. The predicted molar refractivity (Wildman–Crippen MR) is 93.1 cm³/mol. The first-order chi connectivity index (χ1) is 12.2. The molecule has 3 aromatic rings. The molecule has 1 aromatic heterocycles. The van der Waals surface area contributed by atoms with Crippen molar-refractivity contribution in [2.45, 2.75) is 26.3 Å². The first-order valence-corrected chi connectivity index (χ1v) is 8.12. The molecule has 6 nitrogen and oxygen atoms in total. The van der Waals surface area contributed by atoms with Gasteiger partial charge in [0.05, 0.1) is 0 Å². The Morgan fingerprint density at radius 3 is 2.68 bits per heavy atom. The molecule has 0 bridgehead atoms. The molecule has 1 amide bonds. The second-order valence-electron chi connectivity index (χ2n) is 5.54. The Hall–Kier alpha value is -3.15. The van der Waals surface area contributed by atoms with Gasteiger partial charge >= 0.3 is 0 Å². The quantitative estimate of drug-likeness (QED) is 0.732. The first-order valence-electron chi connectivity index (χ1n) is 8.12. The zero-order valence-corrected chi connectivity index (χ0v) is 14.1. The Morgan fingerprint density at radius 2 is 1.92 bits per heavy atom. The molecule has 0 saturated heterocycles. The molecule has 3 rings (SSSR count). The van der Waals surface area contributed by atoms with Crippen molar-refractivity contribution in [1.29, 1.82) is 0 Å². The number of carbonyl (C=O) groups excluding carboxylic acids is 1. The minimum Gasteiger partial charge on any atom is -0.457 e. The van der Waals surface area contributed by atoms with E-state index in [1.807, 2.05) is 54.6 Å². The highest BCUT2D eigenvalue weighted by atomic mass is 16.5. The van der Waals surface area contributed by atoms with Gasteiger partial charge in [0.15, 0.2) is 0 Å². The van der Waals surface area contributed by atoms with E-state index in [9.17, 15) is 4.79 Å². The number of nitrogens with one attached hydrogen (secondary N) is 1. The van der Waals surface area contributed by atoms with Gasteiger partial charge in [-0.3, -0.25) is 4.79 Å². The first kappa shape index (κ1) is 16.7. The van der Waals surface area contributed by atoms with Gasteiger partial charge in [-0.05, 0) is 31.2 Å². The zero-order valence-electron chi connectivity index (χ0n) is 14.1. The van der Waals surface area contributed by atoms with Gasteiger partial charge in [-0.25, -0.2) is 0 Å². The smallest absolute Gasteiger partial charge is 0.249 e. The molecule has 1 heterocycles. The summed E-state index contributed by atoms with van der Waals surface area (Å²) in [7, 11) is 0. The van der Waals surface area contributed by atoms with Gasteiger partial charge in [-0.2, -0.15) is 4.98 Å². The van der Waals surface area contributed by atoms with Crippen LogP contribution in [-0.4, -0.2) is 16.0 Å². The van der Waals surface area contributed by atoms with Crippen LogP contribution in [0.5, 0.6) is 11.5 Å². The highest BCUT2D eigenvalue weighted by Crippen LogP contribution is 2.26. The van der Waals surface area contributed by atoms with E-state index in [4.69, 9.17) is 9.26 Å². The molecular formula is C19H19N3O3. The molecule has 25 heavy (non-hydrogen) atoms. The normalized spacial score (nSPS) is 11.8. The molecule has 1 atom stereocenters. The lowest BCUT2D eigenvalue weighted by atomic mass is 10.2. The highest BCUT2D eigenvalue weighted by molar-refractivity contribution is 5.75. The molecule has 0 saturated carbocycles. The summed E-state index contributed by atoms with van der Waals surface area (Å²) in [6, 6.07) is 16.6. The number of rotatable bonds is 6. The van der Waals surface area contributed by atoms with Crippen molar-refractivity contribution in [1.82, 2.24) is 15.5 Å². The van der Waals surface area contributed by atoms with Gasteiger partial charge in [0.2, 0.25) is 17.6 Å². The molecule has 0 aliphatic heterocycles. The van der Waals surface area contributed by atoms with Crippen LogP contribution in [0.4, 0.5) is 0 Å². The van der Waals surface area contributed by atoms with Crippen molar-refractivity contribution in [2.24, 2.45) is 0 Å². The van der Waals surface area contributed by atoms with E-state index in [1.165, 1.54) is 0 Å². The fourth-order valence-corrected chi connectivity index (χ4v) is 2.26. The fourth-order valence-electron chi connectivity index (χ4n) is 2.26. The minimum atomic E-state index is -0.336. The number of aromatic nitrogens is 2. The Bertz CT molecular complexity index is 846. The number of amides is 1. The van der Waals surface area contributed by atoms with Crippen LogP contribution < -0.4 is 10.1 Å². The van der Waals surface area contributed by atoms with Gasteiger partial charge in [-0.15, -0.1) is 0 Å². The number of ether oxygens (including phenoxy) is 1. The Kier molecular flexibility index (Phi) is 5.09. The fraction of sp³-hybridized carbons (Fsp3) is 0.211. The molecule has 0 fully saturated rings. The summed E-state index contributed by atoms with van der Waals surface area (Å²) in [5.41, 5.74) is 0.775. The molecule has 0 aliphatic carbocycles. The van der Waals surface area contributed by atoms with Crippen LogP contribution in [0.3, 0.4) is 0 Å². The van der Waals surface area contributed by atoms with Crippen molar-refractivity contribution in [3.63, 3.8) is 0 Å². The molecule has 1 unspecified atom stereocenters.